The molecule has 0 aliphatic rings. The van der Waals surface area contributed by atoms with Crippen molar-refractivity contribution in [3.05, 3.63) is 23.1 Å². The van der Waals surface area contributed by atoms with Gasteiger partial charge in [0, 0.05) is 6.08 Å². The number of hydrogen-bond donors (Lipinski definition) is 0. The topological polar surface area (TPSA) is 26.3 Å². The van der Waals surface area contributed by atoms with E-state index in [-0.39, 0.29) is 5.97 Å². The Hall–Kier alpha value is -1.58. The highest BCUT2D eigenvalue weighted by Crippen LogP contribution is 2.09. The minimum absolute atomic E-state index is 0.381. The molecule has 0 heterocycles. The van der Waals surface area contributed by atoms with E-state index in [0.29, 0.717) is 0 Å². The van der Waals surface area contributed by atoms with Crippen molar-refractivity contribution < 1.29 is 9.53 Å². The summed E-state index contributed by atoms with van der Waals surface area (Å²) in [6, 6.07) is 0. The molecule has 78 valence electrons. The molecule has 0 aromatic rings. The highest BCUT2D eigenvalue weighted by atomic mass is 32.2. The third kappa shape index (κ3) is 7.49. The minimum Gasteiger partial charge on any atom is -0.466 e. The van der Waals surface area contributed by atoms with Crippen LogP contribution in [0.25, 0.3) is 0 Å². The van der Waals surface area contributed by atoms with Crippen LogP contribution in [0, 0.1) is 23.7 Å². The maximum absolute atomic E-state index is 10.7. The average Bonchev–Trinajstić information content (AvgIpc) is 2.26. The van der Waals surface area contributed by atoms with Gasteiger partial charge in [-0.15, -0.1) is 11.8 Å². The number of carbonyl (C=O) groups excluding carboxylic acids is 1. The third-order valence-electron chi connectivity index (χ3n) is 1.27. The Kier molecular flexibility index (Phi) is 8.05. The van der Waals surface area contributed by atoms with Gasteiger partial charge < -0.3 is 4.74 Å². The van der Waals surface area contributed by atoms with Crippen molar-refractivity contribution in [2.45, 2.75) is 6.92 Å². The molecule has 0 aliphatic carbocycles. The number of esters is 1. The summed E-state index contributed by atoms with van der Waals surface area (Å²) >= 11 is 1.50. The van der Waals surface area contributed by atoms with Gasteiger partial charge in [0.25, 0.3) is 0 Å². The quantitative estimate of drug-likeness (QED) is 0.315. The van der Waals surface area contributed by atoms with E-state index in [1.54, 1.807) is 19.1 Å². The molecule has 0 atom stereocenters. The first kappa shape index (κ1) is 13.4. The van der Waals surface area contributed by atoms with Gasteiger partial charge in [-0.3, -0.25) is 0 Å². The molecule has 0 bridgehead atoms. The van der Waals surface area contributed by atoms with Gasteiger partial charge in [0.2, 0.25) is 0 Å². The standard InChI is InChI=1S/C12H12O2S/c1-4-5-6-8-11(15-3)9-7-10-12(13)14-2/h7,9-10H,1-3H3/b10-7+,11-9+. The molecule has 0 N–H and O–H groups in total. The second-order valence-electron chi connectivity index (χ2n) is 2.24. The molecule has 3 heteroatoms. The monoisotopic (exact) mass is 220 g/mol. The van der Waals surface area contributed by atoms with Crippen molar-refractivity contribution in [2.24, 2.45) is 0 Å². The largest absolute Gasteiger partial charge is 0.466 e. The van der Waals surface area contributed by atoms with Gasteiger partial charge in [-0.1, -0.05) is 12.0 Å². The Labute approximate surface area is 94.8 Å². The molecule has 0 aromatic heterocycles. The molecule has 0 spiro atoms. The van der Waals surface area contributed by atoms with E-state index in [1.165, 1.54) is 24.9 Å². The molecule has 0 saturated carbocycles. The van der Waals surface area contributed by atoms with Crippen LogP contribution in [0.2, 0.25) is 0 Å². The second-order valence-corrected chi connectivity index (χ2v) is 3.09. The van der Waals surface area contributed by atoms with E-state index in [9.17, 15) is 4.79 Å². The first-order valence-corrected chi connectivity index (χ1v) is 5.40. The summed E-state index contributed by atoms with van der Waals surface area (Å²) in [7, 11) is 1.34. The van der Waals surface area contributed by atoms with Crippen molar-refractivity contribution in [2.75, 3.05) is 13.4 Å². The lowest BCUT2D eigenvalue weighted by molar-refractivity contribution is -0.134. The van der Waals surface area contributed by atoms with Crippen molar-refractivity contribution >= 4 is 17.7 Å². The lowest BCUT2D eigenvalue weighted by Gasteiger charge is -1.89. The van der Waals surface area contributed by atoms with E-state index >= 15 is 0 Å². The van der Waals surface area contributed by atoms with Crippen LogP contribution in [0.5, 0.6) is 0 Å². The number of rotatable bonds is 3. The predicted molar refractivity (Wildman–Crippen MR) is 64.0 cm³/mol. The summed E-state index contributed by atoms with van der Waals surface area (Å²) in [5.74, 6) is 10.5. The Morgan fingerprint density at radius 2 is 2.13 bits per heavy atom. The number of methoxy groups -OCH3 is 1. The molecule has 0 fully saturated rings. The highest BCUT2D eigenvalue weighted by Gasteiger charge is 1.89. The minimum atomic E-state index is -0.381. The van der Waals surface area contributed by atoms with Crippen molar-refractivity contribution in [3.63, 3.8) is 0 Å². The SMILES string of the molecule is CC#CC#C/C(=C\C=C\C(=O)OC)SC. The third-order valence-corrected chi connectivity index (χ3v) is 1.95. The molecule has 0 amide bonds. The summed E-state index contributed by atoms with van der Waals surface area (Å²) < 4.78 is 4.44. The van der Waals surface area contributed by atoms with Crippen molar-refractivity contribution in [3.8, 4) is 23.7 Å². The van der Waals surface area contributed by atoms with Crippen LogP contribution in [0.15, 0.2) is 23.1 Å². The number of allylic oxidation sites excluding steroid dienone is 3. The van der Waals surface area contributed by atoms with Crippen LogP contribution in [0.3, 0.4) is 0 Å². The molecule has 2 nitrogen and oxygen atoms in total. The second kappa shape index (κ2) is 8.99. The molecule has 15 heavy (non-hydrogen) atoms. The summed E-state index contributed by atoms with van der Waals surface area (Å²) in [6.45, 7) is 1.73. The molecule has 0 radical (unpaired) electrons. The number of ether oxygens (including phenoxy) is 1. The molecular formula is C12H12O2S. The van der Waals surface area contributed by atoms with Crippen molar-refractivity contribution in [1.82, 2.24) is 0 Å². The maximum atomic E-state index is 10.7. The molecular weight excluding hydrogens is 208 g/mol. The summed E-state index contributed by atoms with van der Waals surface area (Å²) in [5, 5.41) is 0. The Morgan fingerprint density at radius 3 is 2.67 bits per heavy atom. The first-order chi connectivity index (χ1) is 7.24. The van der Waals surface area contributed by atoms with Gasteiger partial charge in [0.05, 0.1) is 12.0 Å². The fraction of sp³-hybridized carbons (Fsp3) is 0.250. The van der Waals surface area contributed by atoms with E-state index < -0.39 is 0 Å². The number of hydrogen-bond acceptors (Lipinski definition) is 3. The van der Waals surface area contributed by atoms with Crippen LogP contribution in [0.1, 0.15) is 6.92 Å². The Balaban J connectivity index is 4.47. The smallest absolute Gasteiger partial charge is 0.330 e. The van der Waals surface area contributed by atoms with Crippen LogP contribution in [0.4, 0.5) is 0 Å². The van der Waals surface area contributed by atoms with E-state index in [0.717, 1.165) is 4.91 Å². The number of thioether (sulfide) groups is 1. The summed E-state index contributed by atoms with van der Waals surface area (Å²) in [6.07, 6.45) is 6.59. The van der Waals surface area contributed by atoms with Crippen LogP contribution < -0.4 is 0 Å². The zero-order valence-corrected chi connectivity index (χ0v) is 9.77. The summed E-state index contributed by atoms with van der Waals surface area (Å²) in [5.41, 5.74) is 0. The normalized spacial score (nSPS) is 9.93. The first-order valence-electron chi connectivity index (χ1n) is 4.17. The molecule has 0 unspecified atom stereocenters. The van der Waals surface area contributed by atoms with E-state index in [2.05, 4.69) is 28.4 Å². The van der Waals surface area contributed by atoms with Gasteiger partial charge in [-0.05, 0) is 37.0 Å². The van der Waals surface area contributed by atoms with E-state index in [1.807, 2.05) is 6.26 Å². The fourth-order valence-corrected chi connectivity index (χ4v) is 0.966. The lowest BCUT2D eigenvalue weighted by atomic mass is 10.4. The number of carbonyl (C=O) groups is 1. The zero-order chi connectivity index (χ0) is 11.5. The Bertz CT molecular complexity index is 383. The fourth-order valence-electron chi connectivity index (χ4n) is 0.598. The highest BCUT2D eigenvalue weighted by molar-refractivity contribution is 8.02. The molecule has 0 rings (SSSR count). The van der Waals surface area contributed by atoms with E-state index in [4.69, 9.17) is 0 Å². The lowest BCUT2D eigenvalue weighted by Crippen LogP contribution is -1.92. The molecule has 0 saturated heterocycles. The van der Waals surface area contributed by atoms with Gasteiger partial charge >= 0.3 is 5.97 Å². The van der Waals surface area contributed by atoms with Crippen LogP contribution in [-0.2, 0) is 9.53 Å². The van der Waals surface area contributed by atoms with Gasteiger partial charge in [-0.25, -0.2) is 4.79 Å². The maximum Gasteiger partial charge on any atom is 0.330 e. The van der Waals surface area contributed by atoms with Crippen LogP contribution in [-0.4, -0.2) is 19.3 Å². The van der Waals surface area contributed by atoms with Gasteiger partial charge in [0.1, 0.15) is 0 Å². The predicted octanol–water partition coefficient (Wildman–Crippen LogP) is 1.99. The Morgan fingerprint density at radius 1 is 1.40 bits per heavy atom. The molecule has 0 aliphatic heterocycles. The molecule has 0 aromatic carbocycles. The van der Waals surface area contributed by atoms with Crippen LogP contribution >= 0.6 is 11.8 Å². The van der Waals surface area contributed by atoms with Gasteiger partial charge in [0.15, 0.2) is 0 Å². The zero-order valence-electron chi connectivity index (χ0n) is 8.96. The summed E-state index contributed by atoms with van der Waals surface area (Å²) in [4.78, 5) is 11.6. The average molecular weight is 220 g/mol. The van der Waals surface area contributed by atoms with Crippen molar-refractivity contribution in [1.29, 1.82) is 0 Å². The van der Waals surface area contributed by atoms with Gasteiger partial charge in [-0.2, -0.15) is 0 Å².